The molecule has 0 atom stereocenters. The molecule has 0 bridgehead atoms. The Kier molecular flexibility index (Phi) is 3.73. The molecule has 0 aliphatic carbocycles. The van der Waals surface area contributed by atoms with E-state index in [0.29, 0.717) is 18.7 Å². The minimum Gasteiger partial charge on any atom is -0.333 e. The van der Waals surface area contributed by atoms with Gasteiger partial charge in [0.1, 0.15) is 0 Å². The topological polar surface area (TPSA) is 62.3 Å². The van der Waals surface area contributed by atoms with E-state index in [1.165, 1.54) is 0 Å². The van der Waals surface area contributed by atoms with Gasteiger partial charge in [-0.25, -0.2) is 0 Å². The minimum absolute atomic E-state index is 0.0499. The zero-order valence-corrected chi connectivity index (χ0v) is 10.7. The Hall–Kier alpha value is -1.43. The number of pyridine rings is 1. The van der Waals surface area contributed by atoms with Gasteiger partial charge in [0.25, 0.3) is 0 Å². The van der Waals surface area contributed by atoms with Crippen molar-refractivity contribution in [1.82, 2.24) is 9.88 Å². The van der Waals surface area contributed by atoms with E-state index in [9.17, 15) is 9.59 Å². The number of hydrogen-bond donors (Lipinski definition) is 1. The highest BCUT2D eigenvalue weighted by Gasteiger charge is 2.22. The Morgan fingerprint density at radius 2 is 2.41 bits per heavy atom. The summed E-state index contributed by atoms with van der Waals surface area (Å²) in [5.41, 5.74) is 0.664. The van der Waals surface area contributed by atoms with E-state index < -0.39 is 0 Å². The van der Waals surface area contributed by atoms with E-state index in [0.717, 1.165) is 10.9 Å². The van der Waals surface area contributed by atoms with Crippen LogP contribution in [0.3, 0.4) is 0 Å². The van der Waals surface area contributed by atoms with Crippen molar-refractivity contribution in [3.63, 3.8) is 0 Å². The van der Waals surface area contributed by atoms with E-state index in [4.69, 9.17) is 0 Å². The summed E-state index contributed by atoms with van der Waals surface area (Å²) in [6, 6.07) is 1.70. The molecule has 0 radical (unpaired) electrons. The molecule has 17 heavy (non-hydrogen) atoms. The van der Waals surface area contributed by atoms with E-state index >= 15 is 0 Å². The Labute approximate surface area is 107 Å². The van der Waals surface area contributed by atoms with E-state index in [-0.39, 0.29) is 18.4 Å². The predicted octanol–water partition coefficient (Wildman–Crippen LogP) is 1.40. The third kappa shape index (κ3) is 3.03. The summed E-state index contributed by atoms with van der Waals surface area (Å²) in [6.45, 7) is 0.789. The van der Waals surface area contributed by atoms with Crippen LogP contribution in [0.25, 0.3) is 0 Å². The SMILES string of the molecule is O=C(CN1CCCC1=O)Nc1ccncc1Br. The lowest BCUT2D eigenvalue weighted by Crippen LogP contribution is -2.34. The molecule has 2 rings (SSSR count). The van der Waals surface area contributed by atoms with Crippen LogP contribution in [0.2, 0.25) is 0 Å². The van der Waals surface area contributed by atoms with Crippen LogP contribution in [0.15, 0.2) is 22.9 Å². The fourth-order valence-corrected chi connectivity index (χ4v) is 2.06. The van der Waals surface area contributed by atoms with Crippen molar-refractivity contribution in [2.75, 3.05) is 18.4 Å². The number of carbonyl (C=O) groups is 2. The van der Waals surface area contributed by atoms with Crippen molar-refractivity contribution in [1.29, 1.82) is 0 Å². The van der Waals surface area contributed by atoms with Crippen LogP contribution in [-0.4, -0.2) is 34.8 Å². The van der Waals surface area contributed by atoms with Crippen molar-refractivity contribution in [3.05, 3.63) is 22.9 Å². The van der Waals surface area contributed by atoms with Crippen molar-refractivity contribution in [2.24, 2.45) is 0 Å². The molecule has 0 aromatic carbocycles. The first-order chi connectivity index (χ1) is 8.16. The first-order valence-corrected chi connectivity index (χ1v) is 6.13. The molecule has 2 heterocycles. The Bertz CT molecular complexity index is 450. The quantitative estimate of drug-likeness (QED) is 0.917. The number of anilines is 1. The minimum atomic E-state index is -0.188. The summed E-state index contributed by atoms with van der Waals surface area (Å²) >= 11 is 3.29. The van der Waals surface area contributed by atoms with Gasteiger partial charge < -0.3 is 10.2 Å². The summed E-state index contributed by atoms with van der Waals surface area (Å²) in [4.78, 5) is 28.6. The Morgan fingerprint density at radius 1 is 1.59 bits per heavy atom. The highest BCUT2D eigenvalue weighted by atomic mass is 79.9. The van der Waals surface area contributed by atoms with Crippen molar-refractivity contribution in [3.8, 4) is 0 Å². The molecule has 1 aliphatic heterocycles. The maximum atomic E-state index is 11.7. The van der Waals surface area contributed by atoms with Crippen LogP contribution >= 0.6 is 15.9 Å². The van der Waals surface area contributed by atoms with Gasteiger partial charge in [-0.05, 0) is 28.4 Å². The van der Waals surface area contributed by atoms with Gasteiger partial charge in [-0.1, -0.05) is 0 Å². The van der Waals surface area contributed by atoms with Crippen molar-refractivity contribution < 1.29 is 9.59 Å². The van der Waals surface area contributed by atoms with E-state index in [2.05, 4.69) is 26.2 Å². The fourth-order valence-electron chi connectivity index (χ4n) is 1.71. The number of aromatic nitrogens is 1. The molecule has 0 saturated carbocycles. The molecule has 1 N–H and O–H groups in total. The van der Waals surface area contributed by atoms with Crippen LogP contribution < -0.4 is 5.32 Å². The van der Waals surface area contributed by atoms with E-state index in [1.54, 1.807) is 23.4 Å². The average Bonchev–Trinajstić information content (AvgIpc) is 2.68. The van der Waals surface area contributed by atoms with Crippen LogP contribution in [0.1, 0.15) is 12.8 Å². The number of nitrogens with zero attached hydrogens (tertiary/aromatic N) is 2. The van der Waals surface area contributed by atoms with Crippen LogP contribution in [0.5, 0.6) is 0 Å². The van der Waals surface area contributed by atoms with Crippen molar-refractivity contribution in [2.45, 2.75) is 12.8 Å². The third-order valence-corrected chi connectivity index (χ3v) is 3.18. The number of hydrogen-bond acceptors (Lipinski definition) is 3. The van der Waals surface area contributed by atoms with Gasteiger partial charge in [0.05, 0.1) is 16.7 Å². The standard InChI is InChI=1S/C11H12BrN3O2/c12-8-6-13-4-3-9(8)14-10(16)7-15-5-1-2-11(15)17/h3-4,6H,1-2,5,7H2,(H,13,14,16). The normalized spacial score (nSPS) is 15.1. The van der Waals surface area contributed by atoms with Gasteiger partial charge in [-0.3, -0.25) is 14.6 Å². The maximum Gasteiger partial charge on any atom is 0.244 e. The largest absolute Gasteiger partial charge is 0.333 e. The fraction of sp³-hybridized carbons (Fsp3) is 0.364. The lowest BCUT2D eigenvalue weighted by Gasteiger charge is -2.15. The highest BCUT2D eigenvalue weighted by molar-refractivity contribution is 9.10. The number of halogens is 1. The van der Waals surface area contributed by atoms with Gasteiger partial charge in [0, 0.05) is 25.4 Å². The molecule has 1 fully saturated rings. The molecule has 5 nitrogen and oxygen atoms in total. The van der Waals surface area contributed by atoms with Gasteiger partial charge in [0.2, 0.25) is 11.8 Å². The number of rotatable bonds is 3. The number of amides is 2. The van der Waals surface area contributed by atoms with Gasteiger partial charge in [-0.2, -0.15) is 0 Å². The molecule has 1 aliphatic rings. The predicted molar refractivity (Wildman–Crippen MR) is 66.4 cm³/mol. The molecule has 90 valence electrons. The lowest BCUT2D eigenvalue weighted by molar-refractivity contribution is -0.131. The number of carbonyl (C=O) groups excluding carboxylic acids is 2. The molecule has 2 amide bonds. The first kappa shape index (κ1) is 12.0. The van der Waals surface area contributed by atoms with Crippen LogP contribution in [-0.2, 0) is 9.59 Å². The Balaban J connectivity index is 1.93. The zero-order valence-electron chi connectivity index (χ0n) is 9.15. The molecule has 0 unspecified atom stereocenters. The maximum absolute atomic E-state index is 11.7. The van der Waals surface area contributed by atoms with E-state index in [1.807, 2.05) is 0 Å². The molecule has 1 aromatic rings. The van der Waals surface area contributed by atoms with Crippen LogP contribution in [0, 0.1) is 0 Å². The molecule has 1 saturated heterocycles. The second kappa shape index (κ2) is 5.27. The highest BCUT2D eigenvalue weighted by Crippen LogP contribution is 2.20. The van der Waals surface area contributed by atoms with Crippen molar-refractivity contribution >= 4 is 33.4 Å². The van der Waals surface area contributed by atoms with Gasteiger partial charge in [0.15, 0.2) is 0 Å². The summed E-state index contributed by atoms with van der Waals surface area (Å²) in [7, 11) is 0. The van der Waals surface area contributed by atoms with Gasteiger partial charge in [-0.15, -0.1) is 0 Å². The lowest BCUT2D eigenvalue weighted by atomic mass is 10.4. The number of nitrogens with one attached hydrogen (secondary N) is 1. The monoisotopic (exact) mass is 297 g/mol. The molecule has 0 spiro atoms. The summed E-state index contributed by atoms with van der Waals surface area (Å²) < 4.78 is 0.723. The zero-order chi connectivity index (χ0) is 12.3. The molecule has 6 heteroatoms. The summed E-state index contributed by atoms with van der Waals surface area (Å²) in [6.07, 6.45) is 4.59. The molecular weight excluding hydrogens is 286 g/mol. The third-order valence-electron chi connectivity index (χ3n) is 2.55. The number of likely N-dealkylation sites (tertiary alicyclic amines) is 1. The second-order valence-electron chi connectivity index (χ2n) is 3.82. The molecular formula is C11H12BrN3O2. The summed E-state index contributed by atoms with van der Waals surface area (Å²) in [5, 5.41) is 2.74. The average molecular weight is 298 g/mol. The summed E-state index contributed by atoms with van der Waals surface area (Å²) in [5.74, 6) is -0.138. The molecule has 1 aromatic heterocycles. The Morgan fingerprint density at radius 3 is 3.06 bits per heavy atom. The van der Waals surface area contributed by atoms with Gasteiger partial charge >= 0.3 is 0 Å². The smallest absolute Gasteiger partial charge is 0.244 e. The first-order valence-electron chi connectivity index (χ1n) is 5.34. The van der Waals surface area contributed by atoms with Crippen LogP contribution in [0.4, 0.5) is 5.69 Å². The second-order valence-corrected chi connectivity index (χ2v) is 4.68.